The minimum absolute atomic E-state index is 0.102. The fourth-order valence-electron chi connectivity index (χ4n) is 4.23. The lowest BCUT2D eigenvalue weighted by atomic mass is 9.73. The summed E-state index contributed by atoms with van der Waals surface area (Å²) in [7, 11) is 0. The van der Waals surface area contributed by atoms with Gasteiger partial charge in [0.15, 0.2) is 0 Å². The molecule has 0 bridgehead atoms. The molecular weight excluding hydrogens is 220 g/mol. The third-order valence-electron chi connectivity index (χ3n) is 5.47. The third kappa shape index (κ3) is 1.85. The third-order valence-corrected chi connectivity index (χ3v) is 5.47. The summed E-state index contributed by atoms with van der Waals surface area (Å²) in [5.41, 5.74) is 2.89. The number of hydrogen-bond donors (Lipinski definition) is 0. The molecule has 0 amide bonds. The SMILES string of the molecule is CC1=NC2(CCCCC2)C(C)=NC12CCCCC2. The van der Waals surface area contributed by atoms with Gasteiger partial charge in [0.05, 0.1) is 11.1 Å². The van der Waals surface area contributed by atoms with Crippen LogP contribution < -0.4 is 0 Å². The second kappa shape index (κ2) is 4.47. The summed E-state index contributed by atoms with van der Waals surface area (Å²) >= 11 is 0. The summed E-state index contributed by atoms with van der Waals surface area (Å²) in [4.78, 5) is 10.4. The van der Waals surface area contributed by atoms with Crippen molar-refractivity contribution in [1.29, 1.82) is 0 Å². The molecule has 0 aromatic rings. The van der Waals surface area contributed by atoms with Crippen molar-refractivity contribution in [3.8, 4) is 0 Å². The van der Waals surface area contributed by atoms with E-state index >= 15 is 0 Å². The zero-order chi connectivity index (χ0) is 12.6. The first-order chi connectivity index (χ1) is 8.67. The molecule has 0 saturated heterocycles. The second-order valence-corrected chi connectivity index (χ2v) is 6.58. The van der Waals surface area contributed by atoms with Crippen LogP contribution in [0.2, 0.25) is 0 Å². The zero-order valence-electron chi connectivity index (χ0n) is 12.0. The van der Waals surface area contributed by atoms with E-state index in [2.05, 4.69) is 13.8 Å². The smallest absolute Gasteiger partial charge is 0.0980 e. The first-order valence-corrected chi connectivity index (χ1v) is 7.81. The molecule has 1 heterocycles. The molecule has 1 aliphatic heterocycles. The Balaban J connectivity index is 1.93. The maximum absolute atomic E-state index is 5.22. The topological polar surface area (TPSA) is 24.7 Å². The van der Waals surface area contributed by atoms with Gasteiger partial charge in [0.25, 0.3) is 0 Å². The highest BCUT2D eigenvalue weighted by atomic mass is 15.0. The first kappa shape index (κ1) is 12.4. The molecule has 0 N–H and O–H groups in total. The molecule has 3 rings (SSSR count). The lowest BCUT2D eigenvalue weighted by Crippen LogP contribution is -2.49. The number of aliphatic imine (C=N–C) groups is 2. The molecule has 0 radical (unpaired) electrons. The van der Waals surface area contributed by atoms with Crippen LogP contribution in [0.5, 0.6) is 0 Å². The molecular formula is C16H26N2. The molecule has 3 aliphatic rings. The average molecular weight is 246 g/mol. The normalized spacial score (nSPS) is 30.1. The average Bonchev–Trinajstić information content (AvgIpc) is 2.39. The van der Waals surface area contributed by atoms with E-state index in [1.165, 1.54) is 75.6 Å². The molecule has 0 aromatic carbocycles. The Morgan fingerprint density at radius 1 is 0.611 bits per heavy atom. The van der Waals surface area contributed by atoms with Crippen LogP contribution in [0.3, 0.4) is 0 Å². The van der Waals surface area contributed by atoms with Crippen LogP contribution in [0.1, 0.15) is 78.1 Å². The van der Waals surface area contributed by atoms with Crippen molar-refractivity contribution in [3.63, 3.8) is 0 Å². The van der Waals surface area contributed by atoms with Gasteiger partial charge in [-0.3, -0.25) is 9.98 Å². The lowest BCUT2D eigenvalue weighted by Gasteiger charge is -2.44. The second-order valence-electron chi connectivity index (χ2n) is 6.58. The summed E-state index contributed by atoms with van der Waals surface area (Å²) < 4.78 is 0. The van der Waals surface area contributed by atoms with Gasteiger partial charge < -0.3 is 0 Å². The van der Waals surface area contributed by atoms with Crippen molar-refractivity contribution in [2.45, 2.75) is 89.1 Å². The highest BCUT2D eigenvalue weighted by Crippen LogP contribution is 2.42. The molecule has 0 atom stereocenters. The fraction of sp³-hybridized carbons (Fsp3) is 0.875. The summed E-state index contributed by atoms with van der Waals surface area (Å²) in [6, 6.07) is 0. The van der Waals surface area contributed by atoms with Gasteiger partial charge in [0.2, 0.25) is 0 Å². The van der Waals surface area contributed by atoms with Crippen LogP contribution >= 0.6 is 0 Å². The largest absolute Gasteiger partial charge is 0.279 e. The van der Waals surface area contributed by atoms with Crippen molar-refractivity contribution in [2.75, 3.05) is 0 Å². The van der Waals surface area contributed by atoms with Crippen LogP contribution in [0, 0.1) is 0 Å². The summed E-state index contributed by atoms with van der Waals surface area (Å²) in [6.45, 7) is 4.50. The zero-order valence-corrected chi connectivity index (χ0v) is 12.0. The Morgan fingerprint density at radius 3 is 1.28 bits per heavy atom. The quantitative estimate of drug-likeness (QED) is 0.608. The predicted molar refractivity (Wildman–Crippen MR) is 77.9 cm³/mol. The van der Waals surface area contributed by atoms with Gasteiger partial charge in [-0.15, -0.1) is 0 Å². The van der Waals surface area contributed by atoms with Gasteiger partial charge in [-0.2, -0.15) is 0 Å². The van der Waals surface area contributed by atoms with Gasteiger partial charge in [-0.05, 0) is 39.5 Å². The van der Waals surface area contributed by atoms with Crippen molar-refractivity contribution in [3.05, 3.63) is 0 Å². The van der Waals surface area contributed by atoms with Crippen molar-refractivity contribution in [1.82, 2.24) is 0 Å². The van der Waals surface area contributed by atoms with Crippen molar-refractivity contribution < 1.29 is 0 Å². The molecule has 18 heavy (non-hydrogen) atoms. The van der Waals surface area contributed by atoms with Gasteiger partial charge in [0.1, 0.15) is 0 Å². The van der Waals surface area contributed by atoms with E-state index in [-0.39, 0.29) is 11.1 Å². The van der Waals surface area contributed by atoms with E-state index in [0.717, 1.165) is 0 Å². The summed E-state index contributed by atoms with van der Waals surface area (Å²) in [6.07, 6.45) is 13.0. The molecule has 2 saturated carbocycles. The predicted octanol–water partition coefficient (Wildman–Crippen LogP) is 4.33. The van der Waals surface area contributed by atoms with Crippen molar-refractivity contribution >= 4 is 11.4 Å². The Labute approximate surface area is 111 Å². The van der Waals surface area contributed by atoms with Gasteiger partial charge in [0, 0.05) is 11.4 Å². The maximum Gasteiger partial charge on any atom is 0.0980 e. The molecule has 2 nitrogen and oxygen atoms in total. The molecule has 2 aliphatic carbocycles. The standard InChI is InChI=1S/C16H26N2/c1-13-15(9-5-3-6-10-15)18-14(2)16(17-13)11-7-4-8-12-16/h3-12H2,1-2H3. The molecule has 2 fully saturated rings. The van der Waals surface area contributed by atoms with Crippen LogP contribution in [-0.2, 0) is 0 Å². The number of nitrogens with zero attached hydrogens (tertiary/aromatic N) is 2. The monoisotopic (exact) mass is 246 g/mol. The van der Waals surface area contributed by atoms with E-state index in [0.29, 0.717) is 0 Å². The Morgan fingerprint density at radius 2 is 0.944 bits per heavy atom. The molecule has 2 heteroatoms. The maximum atomic E-state index is 5.22. The van der Waals surface area contributed by atoms with E-state index in [1.54, 1.807) is 0 Å². The van der Waals surface area contributed by atoms with E-state index in [4.69, 9.17) is 9.98 Å². The van der Waals surface area contributed by atoms with Crippen LogP contribution in [-0.4, -0.2) is 22.5 Å². The van der Waals surface area contributed by atoms with Gasteiger partial charge in [-0.25, -0.2) is 0 Å². The number of rotatable bonds is 0. The number of hydrogen-bond acceptors (Lipinski definition) is 2. The lowest BCUT2D eigenvalue weighted by molar-refractivity contribution is 0.337. The van der Waals surface area contributed by atoms with Crippen LogP contribution in [0.4, 0.5) is 0 Å². The molecule has 0 aromatic heterocycles. The Bertz CT molecular complexity index is 342. The van der Waals surface area contributed by atoms with E-state index < -0.39 is 0 Å². The van der Waals surface area contributed by atoms with Crippen LogP contribution in [0.25, 0.3) is 0 Å². The Hall–Kier alpha value is -0.660. The van der Waals surface area contributed by atoms with Gasteiger partial charge in [-0.1, -0.05) is 38.5 Å². The van der Waals surface area contributed by atoms with Crippen molar-refractivity contribution in [2.24, 2.45) is 9.98 Å². The fourth-order valence-corrected chi connectivity index (χ4v) is 4.23. The molecule has 0 unspecified atom stereocenters. The summed E-state index contributed by atoms with van der Waals surface area (Å²) in [5.74, 6) is 0. The minimum Gasteiger partial charge on any atom is -0.279 e. The highest BCUT2D eigenvalue weighted by Gasteiger charge is 2.44. The van der Waals surface area contributed by atoms with E-state index in [1.807, 2.05) is 0 Å². The van der Waals surface area contributed by atoms with Crippen LogP contribution in [0.15, 0.2) is 9.98 Å². The minimum atomic E-state index is 0.102. The molecule has 2 spiro atoms. The first-order valence-electron chi connectivity index (χ1n) is 7.81. The Kier molecular flexibility index (Phi) is 3.07. The van der Waals surface area contributed by atoms with E-state index in [9.17, 15) is 0 Å². The van der Waals surface area contributed by atoms with Gasteiger partial charge >= 0.3 is 0 Å². The molecule has 100 valence electrons. The highest BCUT2D eigenvalue weighted by molar-refractivity contribution is 6.03. The summed E-state index contributed by atoms with van der Waals surface area (Å²) in [5, 5.41) is 0.